The fraction of sp³-hybridized carbons (Fsp3) is 0.562. The Bertz CT molecular complexity index is 462. The van der Waals surface area contributed by atoms with Gasteiger partial charge in [0, 0.05) is 20.9 Å². The van der Waals surface area contributed by atoms with Crippen LogP contribution in [0.2, 0.25) is 0 Å². The lowest BCUT2D eigenvalue weighted by Gasteiger charge is -2.21. The second-order valence-electron chi connectivity index (χ2n) is 5.55. The second-order valence-corrected chi connectivity index (χ2v) is 7.26. The molecular weight excluding hydrogens is 368 g/mol. The molecule has 0 aromatic heterocycles. The summed E-state index contributed by atoms with van der Waals surface area (Å²) in [6.45, 7) is 2.03. The SMILES string of the molecule is Cc1cc(Br)c(C(=O)CCC2CCCCC2)cc1Br. The van der Waals surface area contributed by atoms with E-state index >= 15 is 0 Å². The van der Waals surface area contributed by atoms with Gasteiger partial charge in [0.15, 0.2) is 5.78 Å². The van der Waals surface area contributed by atoms with Crippen LogP contribution in [-0.2, 0) is 0 Å². The summed E-state index contributed by atoms with van der Waals surface area (Å²) < 4.78 is 1.93. The van der Waals surface area contributed by atoms with Gasteiger partial charge in [0.1, 0.15) is 0 Å². The summed E-state index contributed by atoms with van der Waals surface area (Å²) in [5, 5.41) is 0. The van der Waals surface area contributed by atoms with Crippen molar-refractivity contribution in [2.24, 2.45) is 5.92 Å². The van der Waals surface area contributed by atoms with E-state index in [1.807, 2.05) is 19.1 Å². The molecule has 3 heteroatoms. The van der Waals surface area contributed by atoms with Crippen molar-refractivity contribution in [2.45, 2.75) is 51.9 Å². The first-order chi connectivity index (χ1) is 9.08. The van der Waals surface area contributed by atoms with Gasteiger partial charge in [-0.2, -0.15) is 0 Å². The van der Waals surface area contributed by atoms with Gasteiger partial charge in [-0.25, -0.2) is 0 Å². The Morgan fingerprint density at radius 2 is 1.84 bits per heavy atom. The highest BCUT2D eigenvalue weighted by Crippen LogP contribution is 2.30. The molecule has 1 nitrogen and oxygen atoms in total. The van der Waals surface area contributed by atoms with Crippen molar-refractivity contribution in [3.63, 3.8) is 0 Å². The van der Waals surface area contributed by atoms with Crippen LogP contribution in [0.1, 0.15) is 60.9 Å². The molecule has 0 amide bonds. The third kappa shape index (κ3) is 4.16. The molecule has 2 rings (SSSR count). The molecule has 1 aromatic rings. The summed E-state index contributed by atoms with van der Waals surface area (Å²) in [4.78, 5) is 12.3. The average molecular weight is 388 g/mol. The number of carbonyl (C=O) groups is 1. The predicted octanol–water partition coefficient (Wildman–Crippen LogP) is 6.06. The van der Waals surface area contributed by atoms with E-state index in [1.54, 1.807) is 0 Å². The van der Waals surface area contributed by atoms with Gasteiger partial charge in [0.05, 0.1) is 0 Å². The Hall–Kier alpha value is -0.150. The minimum Gasteiger partial charge on any atom is -0.294 e. The lowest BCUT2D eigenvalue weighted by Crippen LogP contribution is -2.09. The Morgan fingerprint density at radius 1 is 1.16 bits per heavy atom. The minimum atomic E-state index is 0.262. The van der Waals surface area contributed by atoms with Crippen LogP contribution in [0.4, 0.5) is 0 Å². The van der Waals surface area contributed by atoms with Crippen molar-refractivity contribution in [3.8, 4) is 0 Å². The number of hydrogen-bond donors (Lipinski definition) is 0. The van der Waals surface area contributed by atoms with Crippen LogP contribution in [0.15, 0.2) is 21.1 Å². The van der Waals surface area contributed by atoms with Gasteiger partial charge >= 0.3 is 0 Å². The molecule has 104 valence electrons. The van der Waals surface area contributed by atoms with E-state index in [2.05, 4.69) is 31.9 Å². The van der Waals surface area contributed by atoms with Crippen LogP contribution >= 0.6 is 31.9 Å². The number of aryl methyl sites for hydroxylation is 1. The van der Waals surface area contributed by atoms with Crippen LogP contribution in [0.5, 0.6) is 0 Å². The van der Waals surface area contributed by atoms with Crippen molar-refractivity contribution >= 4 is 37.6 Å². The van der Waals surface area contributed by atoms with Crippen molar-refractivity contribution < 1.29 is 4.79 Å². The molecule has 1 aromatic carbocycles. The number of hydrogen-bond acceptors (Lipinski definition) is 1. The molecule has 1 aliphatic carbocycles. The Kier molecular flexibility index (Phi) is 5.64. The number of rotatable bonds is 4. The van der Waals surface area contributed by atoms with E-state index in [0.717, 1.165) is 32.4 Å². The topological polar surface area (TPSA) is 17.1 Å². The molecule has 0 heterocycles. The molecule has 1 saturated carbocycles. The molecule has 1 aliphatic rings. The van der Waals surface area contributed by atoms with Crippen molar-refractivity contribution in [3.05, 3.63) is 32.2 Å². The molecule has 0 spiro atoms. The highest BCUT2D eigenvalue weighted by atomic mass is 79.9. The molecule has 0 aliphatic heterocycles. The third-order valence-corrected chi connectivity index (χ3v) is 5.56. The monoisotopic (exact) mass is 386 g/mol. The summed E-state index contributed by atoms with van der Waals surface area (Å²) >= 11 is 7.01. The normalized spacial score (nSPS) is 16.6. The van der Waals surface area contributed by atoms with Crippen LogP contribution in [0.3, 0.4) is 0 Å². The van der Waals surface area contributed by atoms with Crippen LogP contribution < -0.4 is 0 Å². The summed E-state index contributed by atoms with van der Waals surface area (Å²) in [6, 6.07) is 3.96. The third-order valence-electron chi connectivity index (χ3n) is 4.05. The molecule has 0 bridgehead atoms. The first-order valence-electron chi connectivity index (χ1n) is 7.07. The highest BCUT2D eigenvalue weighted by Gasteiger charge is 2.17. The Morgan fingerprint density at radius 3 is 2.53 bits per heavy atom. The van der Waals surface area contributed by atoms with E-state index < -0.39 is 0 Å². The van der Waals surface area contributed by atoms with Gasteiger partial charge in [-0.05, 0) is 37.0 Å². The summed E-state index contributed by atoms with van der Waals surface area (Å²) in [5.74, 6) is 1.03. The van der Waals surface area contributed by atoms with Gasteiger partial charge in [0.25, 0.3) is 0 Å². The van der Waals surface area contributed by atoms with Crippen LogP contribution in [-0.4, -0.2) is 5.78 Å². The van der Waals surface area contributed by atoms with Crippen LogP contribution in [0, 0.1) is 12.8 Å². The maximum absolute atomic E-state index is 12.3. The van der Waals surface area contributed by atoms with Gasteiger partial charge in [0.2, 0.25) is 0 Å². The fourth-order valence-electron chi connectivity index (χ4n) is 2.81. The van der Waals surface area contributed by atoms with Crippen molar-refractivity contribution in [1.82, 2.24) is 0 Å². The number of halogens is 2. The summed E-state index contributed by atoms with van der Waals surface area (Å²) in [5.41, 5.74) is 1.96. The van der Waals surface area contributed by atoms with E-state index in [9.17, 15) is 4.79 Å². The highest BCUT2D eigenvalue weighted by molar-refractivity contribution is 9.11. The lowest BCUT2D eigenvalue weighted by atomic mass is 9.85. The molecule has 0 atom stereocenters. The Labute approximate surface area is 132 Å². The summed E-state index contributed by atoms with van der Waals surface area (Å²) in [7, 11) is 0. The zero-order valence-electron chi connectivity index (χ0n) is 11.3. The molecule has 0 N–H and O–H groups in total. The minimum absolute atomic E-state index is 0.262. The first-order valence-corrected chi connectivity index (χ1v) is 8.65. The second kappa shape index (κ2) is 7.03. The largest absolute Gasteiger partial charge is 0.294 e. The fourth-order valence-corrected chi connectivity index (χ4v) is 3.83. The van der Waals surface area contributed by atoms with Crippen molar-refractivity contribution in [1.29, 1.82) is 0 Å². The standard InChI is InChI=1S/C16H20Br2O/c1-11-9-15(18)13(10-14(11)17)16(19)8-7-12-5-3-2-4-6-12/h9-10,12H,2-8H2,1H3. The smallest absolute Gasteiger partial charge is 0.164 e. The molecule has 1 fully saturated rings. The van der Waals surface area contributed by atoms with Gasteiger partial charge in [-0.3, -0.25) is 4.79 Å². The van der Waals surface area contributed by atoms with E-state index in [-0.39, 0.29) is 5.78 Å². The molecule has 19 heavy (non-hydrogen) atoms. The van der Waals surface area contributed by atoms with Gasteiger partial charge in [-0.15, -0.1) is 0 Å². The number of ketones is 1. The molecule has 0 unspecified atom stereocenters. The van der Waals surface area contributed by atoms with Gasteiger partial charge in [-0.1, -0.05) is 64.0 Å². The number of carbonyl (C=O) groups excluding carboxylic acids is 1. The van der Waals surface area contributed by atoms with Crippen molar-refractivity contribution in [2.75, 3.05) is 0 Å². The molecule has 0 saturated heterocycles. The molecular formula is C16H20Br2O. The lowest BCUT2D eigenvalue weighted by molar-refractivity contribution is 0.0969. The number of Topliss-reactive ketones (excluding diaryl/α,β-unsaturated/α-hetero) is 1. The zero-order valence-corrected chi connectivity index (χ0v) is 14.5. The maximum atomic E-state index is 12.3. The first kappa shape index (κ1) is 15.2. The van der Waals surface area contributed by atoms with Gasteiger partial charge < -0.3 is 0 Å². The summed E-state index contributed by atoms with van der Waals surface area (Å²) in [6.07, 6.45) is 8.42. The zero-order chi connectivity index (χ0) is 13.8. The molecule has 0 radical (unpaired) electrons. The van der Waals surface area contributed by atoms with E-state index in [0.29, 0.717) is 6.42 Å². The predicted molar refractivity (Wildman–Crippen MR) is 86.7 cm³/mol. The van der Waals surface area contributed by atoms with Crippen LogP contribution in [0.25, 0.3) is 0 Å². The van der Waals surface area contributed by atoms with E-state index in [1.165, 1.54) is 32.1 Å². The maximum Gasteiger partial charge on any atom is 0.164 e. The number of benzene rings is 1. The quantitative estimate of drug-likeness (QED) is 0.573. The van der Waals surface area contributed by atoms with E-state index in [4.69, 9.17) is 0 Å². The Balaban J connectivity index is 1.97. The average Bonchev–Trinajstić information content (AvgIpc) is 2.41.